The van der Waals surface area contributed by atoms with Crippen molar-refractivity contribution in [2.24, 2.45) is 0 Å². The fourth-order valence-corrected chi connectivity index (χ4v) is 8.51. The SMILES string of the molecule is CCCO[Si](C)(C)O[Si](C)(C)Oc1cccc(Cl)c1. The second-order valence-corrected chi connectivity index (χ2v) is 12.7. The Labute approximate surface area is 123 Å². The lowest BCUT2D eigenvalue weighted by atomic mass is 10.3. The molecule has 0 atom stereocenters. The van der Waals surface area contributed by atoms with Gasteiger partial charge in [-0.25, -0.2) is 0 Å². The number of hydrogen-bond donors (Lipinski definition) is 0. The fourth-order valence-electron chi connectivity index (χ4n) is 1.80. The van der Waals surface area contributed by atoms with Crippen LogP contribution in [0.5, 0.6) is 5.75 Å². The smallest absolute Gasteiger partial charge is 0.383 e. The molecule has 0 radical (unpaired) electrons. The molecule has 0 N–H and O–H groups in total. The highest BCUT2D eigenvalue weighted by atomic mass is 35.5. The molecular weight excluding hydrogens is 296 g/mol. The van der Waals surface area contributed by atoms with Gasteiger partial charge in [-0.1, -0.05) is 24.6 Å². The van der Waals surface area contributed by atoms with Crippen LogP contribution in [0.4, 0.5) is 0 Å². The van der Waals surface area contributed by atoms with Gasteiger partial charge >= 0.3 is 17.1 Å². The predicted octanol–water partition coefficient (Wildman–Crippen LogP) is 4.57. The molecule has 0 aliphatic heterocycles. The first-order chi connectivity index (χ1) is 8.74. The van der Waals surface area contributed by atoms with Crippen molar-refractivity contribution in [3.8, 4) is 5.75 Å². The van der Waals surface area contributed by atoms with Gasteiger partial charge in [-0.3, -0.25) is 0 Å². The topological polar surface area (TPSA) is 27.7 Å². The van der Waals surface area contributed by atoms with E-state index in [4.69, 9.17) is 24.6 Å². The van der Waals surface area contributed by atoms with Crippen LogP contribution in [-0.4, -0.2) is 23.7 Å². The van der Waals surface area contributed by atoms with Crippen LogP contribution in [0.15, 0.2) is 24.3 Å². The Morgan fingerprint density at radius 3 is 2.37 bits per heavy atom. The summed E-state index contributed by atoms with van der Waals surface area (Å²) < 4.78 is 18.0. The highest BCUT2D eigenvalue weighted by Gasteiger charge is 2.37. The molecule has 1 aromatic rings. The first-order valence-corrected chi connectivity index (χ1v) is 12.5. The van der Waals surface area contributed by atoms with E-state index in [1.54, 1.807) is 6.07 Å². The summed E-state index contributed by atoms with van der Waals surface area (Å²) in [6, 6.07) is 7.40. The maximum absolute atomic E-state index is 6.16. The van der Waals surface area contributed by atoms with E-state index in [0.29, 0.717) is 5.02 Å². The van der Waals surface area contributed by atoms with Gasteiger partial charge in [-0.2, -0.15) is 0 Å². The average molecular weight is 319 g/mol. The van der Waals surface area contributed by atoms with Crippen molar-refractivity contribution in [3.05, 3.63) is 29.3 Å². The van der Waals surface area contributed by atoms with Crippen molar-refractivity contribution < 1.29 is 13.0 Å². The summed E-state index contributed by atoms with van der Waals surface area (Å²) in [5.74, 6) is 0.754. The normalized spacial score (nSPS) is 12.5. The molecule has 0 aliphatic carbocycles. The van der Waals surface area contributed by atoms with Crippen LogP contribution in [0.3, 0.4) is 0 Å². The van der Waals surface area contributed by atoms with Crippen LogP contribution in [0, 0.1) is 0 Å². The molecule has 0 unspecified atom stereocenters. The van der Waals surface area contributed by atoms with E-state index in [2.05, 4.69) is 20.0 Å². The Bertz CT molecular complexity index is 411. The lowest BCUT2D eigenvalue weighted by Gasteiger charge is -2.32. The summed E-state index contributed by atoms with van der Waals surface area (Å²) in [5.41, 5.74) is 0. The van der Waals surface area contributed by atoms with E-state index in [0.717, 1.165) is 18.8 Å². The van der Waals surface area contributed by atoms with E-state index in [9.17, 15) is 0 Å². The van der Waals surface area contributed by atoms with Crippen molar-refractivity contribution >= 4 is 28.7 Å². The maximum Gasteiger partial charge on any atom is 0.383 e. The zero-order valence-corrected chi connectivity index (χ0v) is 15.1. The minimum absolute atomic E-state index is 0.668. The molecule has 6 heteroatoms. The minimum atomic E-state index is -2.27. The molecule has 0 saturated carbocycles. The van der Waals surface area contributed by atoms with Crippen LogP contribution in [0.1, 0.15) is 13.3 Å². The minimum Gasteiger partial charge on any atom is -0.521 e. The zero-order valence-electron chi connectivity index (χ0n) is 12.3. The summed E-state index contributed by atoms with van der Waals surface area (Å²) in [4.78, 5) is 0. The highest BCUT2D eigenvalue weighted by Crippen LogP contribution is 2.23. The first kappa shape index (κ1) is 16.7. The van der Waals surface area contributed by atoms with Crippen molar-refractivity contribution in [2.75, 3.05) is 6.61 Å². The monoisotopic (exact) mass is 318 g/mol. The van der Waals surface area contributed by atoms with Crippen molar-refractivity contribution in [3.63, 3.8) is 0 Å². The molecule has 1 aromatic carbocycles. The quantitative estimate of drug-likeness (QED) is 0.689. The Morgan fingerprint density at radius 2 is 1.79 bits per heavy atom. The third kappa shape index (κ3) is 6.58. The lowest BCUT2D eigenvalue weighted by molar-refractivity contribution is 0.231. The number of hydrogen-bond acceptors (Lipinski definition) is 3. The summed E-state index contributed by atoms with van der Waals surface area (Å²) in [5, 5.41) is 0.668. The Kier molecular flexibility index (Phi) is 6.07. The Morgan fingerprint density at radius 1 is 1.11 bits per heavy atom. The third-order valence-corrected chi connectivity index (χ3v) is 8.10. The summed E-state index contributed by atoms with van der Waals surface area (Å²) in [6.45, 7) is 11.0. The molecule has 0 heterocycles. The molecule has 0 spiro atoms. The standard InChI is InChI=1S/C13H23ClO3Si2/c1-6-10-15-18(2,3)17-19(4,5)16-13-9-7-8-12(14)11-13/h7-9,11H,6,10H2,1-5H3. The second-order valence-electron chi connectivity index (χ2n) is 5.31. The van der Waals surface area contributed by atoms with E-state index in [1.165, 1.54) is 0 Å². The average Bonchev–Trinajstić information content (AvgIpc) is 2.24. The van der Waals surface area contributed by atoms with Crippen molar-refractivity contribution in [1.82, 2.24) is 0 Å². The molecule has 0 aromatic heterocycles. The number of benzene rings is 1. The number of rotatable bonds is 7. The number of halogens is 1. The van der Waals surface area contributed by atoms with Gasteiger partial charge in [0.1, 0.15) is 5.75 Å². The van der Waals surface area contributed by atoms with Crippen LogP contribution >= 0.6 is 11.6 Å². The second kappa shape index (κ2) is 6.90. The first-order valence-electron chi connectivity index (χ1n) is 6.53. The van der Waals surface area contributed by atoms with Crippen LogP contribution < -0.4 is 4.43 Å². The molecule has 0 bridgehead atoms. The molecule has 0 amide bonds. The molecule has 19 heavy (non-hydrogen) atoms. The summed E-state index contributed by atoms with van der Waals surface area (Å²) in [6.07, 6.45) is 0.997. The molecule has 108 valence electrons. The van der Waals surface area contributed by atoms with Gasteiger partial charge in [-0.05, 0) is 50.8 Å². The molecule has 0 fully saturated rings. The lowest BCUT2D eigenvalue weighted by Crippen LogP contribution is -2.50. The van der Waals surface area contributed by atoms with Gasteiger partial charge in [0.2, 0.25) is 0 Å². The molecule has 0 aliphatic rings. The molecule has 0 saturated heterocycles. The summed E-state index contributed by atoms with van der Waals surface area (Å²) in [7, 11) is -4.40. The predicted molar refractivity (Wildman–Crippen MR) is 84.4 cm³/mol. The Balaban J connectivity index is 2.65. The van der Waals surface area contributed by atoms with E-state index >= 15 is 0 Å². The van der Waals surface area contributed by atoms with E-state index in [1.807, 2.05) is 31.3 Å². The van der Waals surface area contributed by atoms with Gasteiger partial charge in [0.25, 0.3) is 0 Å². The van der Waals surface area contributed by atoms with Crippen LogP contribution in [0.2, 0.25) is 31.2 Å². The van der Waals surface area contributed by atoms with Gasteiger partial charge in [0.05, 0.1) is 0 Å². The van der Waals surface area contributed by atoms with Crippen LogP contribution in [-0.2, 0) is 8.54 Å². The zero-order chi connectivity index (χ0) is 14.5. The van der Waals surface area contributed by atoms with Gasteiger partial charge < -0.3 is 13.0 Å². The molecular formula is C13H23ClO3Si2. The van der Waals surface area contributed by atoms with Crippen molar-refractivity contribution in [1.29, 1.82) is 0 Å². The van der Waals surface area contributed by atoms with E-state index < -0.39 is 17.1 Å². The largest absolute Gasteiger partial charge is 0.521 e. The maximum atomic E-state index is 6.16. The summed E-state index contributed by atoms with van der Waals surface area (Å²) >= 11 is 5.95. The van der Waals surface area contributed by atoms with Gasteiger partial charge in [-0.15, -0.1) is 0 Å². The fraction of sp³-hybridized carbons (Fsp3) is 0.538. The van der Waals surface area contributed by atoms with Crippen LogP contribution in [0.25, 0.3) is 0 Å². The highest BCUT2D eigenvalue weighted by molar-refractivity contribution is 6.79. The van der Waals surface area contributed by atoms with Gasteiger partial charge in [0, 0.05) is 11.6 Å². The third-order valence-electron chi connectivity index (χ3n) is 2.31. The molecule has 3 nitrogen and oxygen atoms in total. The molecule has 1 rings (SSSR count). The van der Waals surface area contributed by atoms with Crippen molar-refractivity contribution in [2.45, 2.75) is 39.5 Å². The Hall–Kier alpha value is -0.336. The van der Waals surface area contributed by atoms with E-state index in [-0.39, 0.29) is 0 Å². The van der Waals surface area contributed by atoms with Gasteiger partial charge in [0.15, 0.2) is 0 Å².